The number of aromatic nitrogens is 1. The second kappa shape index (κ2) is 8.86. The van der Waals surface area contributed by atoms with Crippen molar-refractivity contribution >= 4 is 29.6 Å². The number of carbonyl (C=O) groups excluding carboxylic acids is 4. The van der Waals surface area contributed by atoms with Gasteiger partial charge in [-0.25, -0.2) is 14.5 Å². The Morgan fingerprint density at radius 3 is 2.76 bits per heavy atom. The van der Waals surface area contributed by atoms with Crippen LogP contribution in [0, 0.1) is 5.92 Å². The van der Waals surface area contributed by atoms with Crippen molar-refractivity contribution in [1.82, 2.24) is 20.1 Å². The fourth-order valence-electron chi connectivity index (χ4n) is 5.97. The number of fused-ring (bicyclic) bond motifs is 3. The number of benzene rings is 1. The predicted octanol–water partition coefficient (Wildman–Crippen LogP) is 2.71. The summed E-state index contributed by atoms with van der Waals surface area (Å²) >= 11 is 0. The van der Waals surface area contributed by atoms with Gasteiger partial charge in [-0.15, -0.1) is 0 Å². The quantitative estimate of drug-likeness (QED) is 0.662. The zero-order valence-corrected chi connectivity index (χ0v) is 20.7. The van der Waals surface area contributed by atoms with Crippen LogP contribution in [0.4, 0.5) is 15.3 Å². The molecular formula is C27H29N5O5. The molecular weight excluding hydrogens is 474 g/mol. The maximum atomic E-state index is 13.6. The SMILES string of the molecule is CNC(=O)Nc1ccc2c(c1)CC[C@]21OC(=O)N(CC(=O)N2Cc3ncccc3CC[C@@H]2C2CC2)C1=O. The molecule has 2 N–H and O–H groups in total. The standard InChI is InChI=1S/C27H29N5O5/c1-28-25(35)30-19-7-8-20-18(13-19)10-11-27(20)24(34)32(26(36)37-27)15-23(33)31-14-21-16(3-2-12-29-21)6-9-22(31)17-4-5-17/h2-3,7-8,12-13,17,22H,4-6,9-11,14-15H2,1H3,(H2,28,30,35)/t22-,27+/m1/s1. The first-order valence-electron chi connectivity index (χ1n) is 12.8. The molecule has 0 radical (unpaired) electrons. The smallest absolute Gasteiger partial charge is 0.418 e. The Kier molecular flexibility index (Phi) is 5.62. The number of aryl methyl sites for hydroxylation is 2. The number of carbonyl (C=O) groups is 4. The lowest BCUT2D eigenvalue weighted by atomic mass is 9.94. The highest BCUT2D eigenvalue weighted by Gasteiger charge is 2.58. The van der Waals surface area contributed by atoms with Gasteiger partial charge in [0.05, 0.1) is 12.2 Å². The van der Waals surface area contributed by atoms with E-state index >= 15 is 0 Å². The van der Waals surface area contributed by atoms with Gasteiger partial charge in [0.2, 0.25) is 11.5 Å². The Morgan fingerprint density at radius 1 is 1.14 bits per heavy atom. The largest absolute Gasteiger partial charge is 0.427 e. The fraction of sp³-hybridized carbons (Fsp3) is 0.444. The zero-order valence-electron chi connectivity index (χ0n) is 20.7. The lowest BCUT2D eigenvalue weighted by Gasteiger charge is -2.31. The highest BCUT2D eigenvalue weighted by molar-refractivity contribution is 6.06. The van der Waals surface area contributed by atoms with Crippen LogP contribution in [0.5, 0.6) is 0 Å². The highest BCUT2D eigenvalue weighted by atomic mass is 16.6. The van der Waals surface area contributed by atoms with Gasteiger partial charge in [-0.05, 0) is 67.3 Å². The summed E-state index contributed by atoms with van der Waals surface area (Å²) in [6.45, 7) is 0.0266. The third-order valence-electron chi connectivity index (χ3n) is 8.04. The van der Waals surface area contributed by atoms with Crippen molar-refractivity contribution < 1.29 is 23.9 Å². The summed E-state index contributed by atoms with van der Waals surface area (Å²) in [6, 6.07) is 8.87. The molecule has 1 aromatic carbocycles. The van der Waals surface area contributed by atoms with E-state index in [0.717, 1.165) is 47.4 Å². The number of amides is 5. The van der Waals surface area contributed by atoms with E-state index in [4.69, 9.17) is 4.74 Å². The Labute approximate surface area is 214 Å². The summed E-state index contributed by atoms with van der Waals surface area (Å²) in [5, 5.41) is 5.21. The van der Waals surface area contributed by atoms with Crippen LogP contribution in [0.15, 0.2) is 36.5 Å². The lowest BCUT2D eigenvalue weighted by molar-refractivity contribution is -0.143. The van der Waals surface area contributed by atoms with Gasteiger partial charge in [-0.2, -0.15) is 0 Å². The molecule has 0 bridgehead atoms. The molecule has 2 aromatic rings. The summed E-state index contributed by atoms with van der Waals surface area (Å²) in [4.78, 5) is 59.2. The average molecular weight is 504 g/mol. The summed E-state index contributed by atoms with van der Waals surface area (Å²) in [7, 11) is 1.53. The van der Waals surface area contributed by atoms with Crippen LogP contribution in [-0.4, -0.2) is 58.4 Å². The molecule has 37 heavy (non-hydrogen) atoms. The van der Waals surface area contributed by atoms with Gasteiger partial charge in [0.15, 0.2) is 0 Å². The van der Waals surface area contributed by atoms with Crippen molar-refractivity contribution in [2.45, 2.75) is 56.7 Å². The number of ether oxygens (including phenoxy) is 1. The summed E-state index contributed by atoms with van der Waals surface area (Å²) in [6.07, 6.45) is 5.61. The number of anilines is 1. The number of urea groups is 1. The number of pyridine rings is 1. The molecule has 4 aliphatic rings. The zero-order chi connectivity index (χ0) is 25.7. The van der Waals surface area contributed by atoms with Gasteiger partial charge >= 0.3 is 12.1 Å². The van der Waals surface area contributed by atoms with E-state index in [1.54, 1.807) is 24.4 Å². The van der Waals surface area contributed by atoms with Gasteiger partial charge in [-0.3, -0.25) is 14.6 Å². The number of nitrogens with zero attached hydrogens (tertiary/aromatic N) is 3. The Hall–Kier alpha value is -3.95. The van der Waals surface area contributed by atoms with Crippen LogP contribution in [-0.2, 0) is 39.3 Å². The van der Waals surface area contributed by atoms with E-state index in [1.165, 1.54) is 7.05 Å². The maximum absolute atomic E-state index is 13.6. The second-order valence-corrected chi connectivity index (χ2v) is 10.2. The van der Waals surface area contributed by atoms with Crippen molar-refractivity contribution in [3.63, 3.8) is 0 Å². The van der Waals surface area contributed by atoms with E-state index in [0.29, 0.717) is 36.6 Å². The van der Waals surface area contributed by atoms with Crippen molar-refractivity contribution in [2.24, 2.45) is 5.92 Å². The number of rotatable bonds is 4. The molecule has 5 amide bonds. The summed E-state index contributed by atoms with van der Waals surface area (Å²) in [5.74, 6) is -0.320. The minimum absolute atomic E-state index is 0.0721. The van der Waals surface area contributed by atoms with Crippen LogP contribution in [0.1, 0.15) is 48.1 Å². The Morgan fingerprint density at radius 2 is 1.97 bits per heavy atom. The molecule has 1 saturated carbocycles. The first kappa shape index (κ1) is 23.4. The van der Waals surface area contributed by atoms with Gasteiger partial charge < -0.3 is 20.3 Å². The average Bonchev–Trinajstić information content (AvgIpc) is 3.66. The molecule has 2 aliphatic heterocycles. The van der Waals surface area contributed by atoms with Crippen LogP contribution in [0.3, 0.4) is 0 Å². The summed E-state index contributed by atoms with van der Waals surface area (Å²) < 4.78 is 5.71. The number of hydrogen-bond acceptors (Lipinski definition) is 6. The Balaban J connectivity index is 1.23. The highest BCUT2D eigenvalue weighted by Crippen LogP contribution is 2.46. The molecule has 3 heterocycles. The third kappa shape index (κ3) is 4.00. The van der Waals surface area contributed by atoms with Crippen molar-refractivity contribution in [2.75, 3.05) is 18.9 Å². The minimum Gasteiger partial charge on any atom is -0.427 e. The summed E-state index contributed by atoms with van der Waals surface area (Å²) in [5.41, 5.74) is 2.60. The predicted molar refractivity (Wildman–Crippen MR) is 132 cm³/mol. The first-order valence-corrected chi connectivity index (χ1v) is 12.8. The second-order valence-electron chi connectivity index (χ2n) is 10.2. The Bertz CT molecular complexity index is 1310. The minimum atomic E-state index is -1.43. The number of imide groups is 1. The molecule has 10 heteroatoms. The lowest BCUT2D eigenvalue weighted by Crippen LogP contribution is -2.48. The molecule has 2 fully saturated rings. The van der Waals surface area contributed by atoms with Crippen molar-refractivity contribution in [1.29, 1.82) is 0 Å². The van der Waals surface area contributed by atoms with Crippen molar-refractivity contribution in [3.8, 4) is 0 Å². The topological polar surface area (TPSA) is 121 Å². The van der Waals surface area contributed by atoms with Crippen LogP contribution < -0.4 is 10.6 Å². The first-order chi connectivity index (χ1) is 17.9. The van der Waals surface area contributed by atoms with Gasteiger partial charge in [0.1, 0.15) is 6.54 Å². The molecule has 1 saturated heterocycles. The molecule has 1 aromatic heterocycles. The van der Waals surface area contributed by atoms with Gasteiger partial charge in [0.25, 0.3) is 5.91 Å². The monoisotopic (exact) mass is 503 g/mol. The van der Waals surface area contributed by atoms with Crippen molar-refractivity contribution in [3.05, 3.63) is 58.9 Å². The van der Waals surface area contributed by atoms with Crippen LogP contribution in [0.25, 0.3) is 0 Å². The van der Waals surface area contributed by atoms with E-state index in [9.17, 15) is 19.2 Å². The molecule has 10 nitrogen and oxygen atoms in total. The van der Waals surface area contributed by atoms with Crippen LogP contribution in [0.2, 0.25) is 0 Å². The van der Waals surface area contributed by atoms with E-state index in [-0.39, 0.29) is 24.5 Å². The maximum Gasteiger partial charge on any atom is 0.418 e. The molecule has 192 valence electrons. The van der Waals surface area contributed by atoms with E-state index in [2.05, 4.69) is 21.7 Å². The molecule has 0 unspecified atom stereocenters. The van der Waals surface area contributed by atoms with Gasteiger partial charge in [0, 0.05) is 37.0 Å². The molecule has 1 spiro atoms. The van der Waals surface area contributed by atoms with Crippen LogP contribution >= 0.6 is 0 Å². The number of hydrogen-bond donors (Lipinski definition) is 2. The third-order valence-corrected chi connectivity index (χ3v) is 8.04. The van der Waals surface area contributed by atoms with E-state index in [1.807, 2.05) is 11.0 Å². The van der Waals surface area contributed by atoms with E-state index < -0.39 is 17.6 Å². The molecule has 2 aliphatic carbocycles. The molecule has 2 atom stereocenters. The number of nitrogens with one attached hydrogen (secondary N) is 2. The normalized spacial score (nSPS) is 24.4. The van der Waals surface area contributed by atoms with Gasteiger partial charge in [-0.1, -0.05) is 12.1 Å². The fourth-order valence-corrected chi connectivity index (χ4v) is 5.97. The molecule has 6 rings (SSSR count).